The van der Waals surface area contributed by atoms with Crippen LogP contribution < -0.4 is 0 Å². The van der Waals surface area contributed by atoms with E-state index in [0.29, 0.717) is 19.3 Å². The fourth-order valence-electron chi connectivity index (χ4n) is 7.59. The van der Waals surface area contributed by atoms with Crippen LogP contribution in [0.5, 0.6) is 0 Å². The van der Waals surface area contributed by atoms with Gasteiger partial charge >= 0.3 is 25.7 Å². The Morgan fingerprint density at radius 3 is 0.974 bits per heavy atom. The molecular weight excluding hydrogens is 1000 g/mol. The molecule has 0 aromatic carbocycles. The normalized spacial score (nSPS) is 14.3. The third-order valence-corrected chi connectivity index (χ3v) is 13.0. The molecule has 78 heavy (non-hydrogen) atoms. The van der Waals surface area contributed by atoms with Gasteiger partial charge in [-0.25, -0.2) is 4.57 Å². The number of phosphoric acid groups is 1. The Hall–Kier alpha value is -4.38. The first-order chi connectivity index (χ1) is 38.2. The van der Waals surface area contributed by atoms with Crippen molar-refractivity contribution in [2.24, 2.45) is 0 Å². The average molecular weight is 1110 g/mol. The molecule has 0 aromatic rings. The van der Waals surface area contributed by atoms with E-state index >= 15 is 0 Å². The van der Waals surface area contributed by atoms with Crippen molar-refractivity contribution in [1.82, 2.24) is 0 Å². The molecule has 0 saturated carbocycles. The van der Waals surface area contributed by atoms with Gasteiger partial charge in [0.25, 0.3) is 0 Å². The minimum Gasteiger partial charge on any atom is -0.462 e. The molecule has 0 bridgehead atoms. The first kappa shape index (κ1) is 73.6. The Morgan fingerprint density at radius 2 is 0.628 bits per heavy atom. The van der Waals surface area contributed by atoms with E-state index in [-0.39, 0.29) is 25.9 Å². The highest BCUT2D eigenvalue weighted by Crippen LogP contribution is 2.43. The number of phosphoric ester groups is 1. The number of aliphatic hydroxyl groups is 1. The SMILES string of the molecule is CC/C=C\C/C=C\C/C=C\C/C=C\CCCCCCCCC(=O)OC(CO)COP(=O)(O)OCC(COC(=O)CCCCC/C=C\C/C=C\C/C=C\CC)OC(=O)CCCCCCCC/C=C\C/C=C\C/C=C\C/C=C\CC. The molecule has 3 unspecified atom stereocenters. The van der Waals surface area contributed by atoms with Gasteiger partial charge in [-0.15, -0.1) is 0 Å². The van der Waals surface area contributed by atoms with Crippen LogP contribution in [0.1, 0.15) is 226 Å². The van der Waals surface area contributed by atoms with E-state index in [2.05, 4.69) is 154 Å². The number of allylic oxidation sites excluding steroid dienone is 22. The summed E-state index contributed by atoms with van der Waals surface area (Å²) >= 11 is 0. The Kier molecular flexibility index (Phi) is 55.5. The van der Waals surface area contributed by atoms with Crippen LogP contribution in [-0.2, 0) is 42.2 Å². The largest absolute Gasteiger partial charge is 0.472 e. The summed E-state index contributed by atoms with van der Waals surface area (Å²) in [5, 5.41) is 9.84. The molecule has 0 heterocycles. The van der Waals surface area contributed by atoms with E-state index in [1.807, 2.05) is 0 Å². The van der Waals surface area contributed by atoms with Crippen molar-refractivity contribution in [2.75, 3.05) is 26.4 Å². The molecule has 0 aliphatic rings. The van der Waals surface area contributed by atoms with Crippen molar-refractivity contribution < 1.29 is 52.2 Å². The second kappa shape index (κ2) is 58.8. The number of rotatable bonds is 54. The van der Waals surface area contributed by atoms with Crippen molar-refractivity contribution in [3.8, 4) is 0 Å². The summed E-state index contributed by atoms with van der Waals surface area (Å²) < 4.78 is 39.5. The zero-order chi connectivity index (χ0) is 56.9. The third kappa shape index (κ3) is 56.3. The zero-order valence-electron chi connectivity index (χ0n) is 48.8. The number of hydrogen-bond acceptors (Lipinski definition) is 10. The van der Waals surface area contributed by atoms with Gasteiger partial charge in [-0.1, -0.05) is 212 Å². The summed E-state index contributed by atoms with van der Waals surface area (Å²) in [6, 6.07) is 0. The zero-order valence-corrected chi connectivity index (χ0v) is 49.7. The van der Waals surface area contributed by atoms with E-state index in [9.17, 15) is 28.9 Å². The first-order valence-electron chi connectivity index (χ1n) is 30.1. The monoisotopic (exact) mass is 1110 g/mol. The van der Waals surface area contributed by atoms with Gasteiger partial charge in [0.05, 0.1) is 19.8 Å². The van der Waals surface area contributed by atoms with Crippen molar-refractivity contribution in [3.63, 3.8) is 0 Å². The van der Waals surface area contributed by atoms with E-state index in [1.54, 1.807) is 0 Å². The topological polar surface area (TPSA) is 155 Å². The lowest BCUT2D eigenvalue weighted by atomic mass is 10.1. The molecule has 0 aliphatic heterocycles. The van der Waals surface area contributed by atoms with Crippen molar-refractivity contribution >= 4 is 25.7 Å². The molecule has 3 atom stereocenters. The Labute approximate surface area is 474 Å². The van der Waals surface area contributed by atoms with Crippen molar-refractivity contribution in [1.29, 1.82) is 0 Å². The summed E-state index contributed by atoms with van der Waals surface area (Å²) in [6.45, 7) is 4.23. The Balaban J connectivity index is 4.76. The van der Waals surface area contributed by atoms with E-state index < -0.39 is 57.8 Å². The number of unbranched alkanes of at least 4 members (excludes halogenated alkanes) is 15. The second-order valence-corrected chi connectivity index (χ2v) is 20.8. The van der Waals surface area contributed by atoms with Gasteiger partial charge in [-0.05, 0) is 128 Å². The lowest BCUT2D eigenvalue weighted by molar-refractivity contribution is -0.161. The molecular formula is C66H107O11P. The number of carbonyl (C=O) groups is 3. The van der Waals surface area contributed by atoms with E-state index in [1.165, 1.54) is 0 Å². The van der Waals surface area contributed by atoms with Crippen molar-refractivity contribution in [3.05, 3.63) is 134 Å². The quantitative estimate of drug-likeness (QED) is 0.0197. The minimum atomic E-state index is -4.77. The van der Waals surface area contributed by atoms with E-state index in [4.69, 9.17) is 23.3 Å². The second-order valence-electron chi connectivity index (χ2n) is 19.4. The summed E-state index contributed by atoms with van der Waals surface area (Å²) in [6.07, 6.45) is 74.0. The molecule has 2 N–H and O–H groups in total. The number of esters is 3. The Morgan fingerprint density at radius 1 is 0.359 bits per heavy atom. The van der Waals surface area contributed by atoms with Crippen LogP contribution >= 0.6 is 7.82 Å². The molecule has 0 spiro atoms. The van der Waals surface area contributed by atoms with Crippen LogP contribution in [0.25, 0.3) is 0 Å². The fourth-order valence-corrected chi connectivity index (χ4v) is 8.37. The van der Waals surface area contributed by atoms with Gasteiger partial charge in [-0.2, -0.15) is 0 Å². The van der Waals surface area contributed by atoms with Gasteiger partial charge in [0.1, 0.15) is 12.7 Å². The van der Waals surface area contributed by atoms with Gasteiger partial charge in [0.2, 0.25) is 0 Å². The molecule has 12 heteroatoms. The highest BCUT2D eigenvalue weighted by atomic mass is 31.2. The van der Waals surface area contributed by atoms with E-state index in [0.717, 1.165) is 167 Å². The molecule has 442 valence electrons. The van der Waals surface area contributed by atoms with Gasteiger partial charge in [-0.3, -0.25) is 23.4 Å². The lowest BCUT2D eigenvalue weighted by Gasteiger charge is -2.21. The van der Waals surface area contributed by atoms with Crippen LogP contribution in [0.3, 0.4) is 0 Å². The number of ether oxygens (including phenoxy) is 3. The molecule has 0 rings (SSSR count). The standard InChI is InChI=1S/C66H107O11P/c1-4-7-10-13-16-19-22-25-27-29-31-33-35-38-41-44-47-50-53-56-65(69)76-62(58-67)60-74-78(71,72)75-61-63(59-73-64(68)55-52-49-46-43-40-37-24-21-18-15-12-9-6-3)77-66(70)57-54-51-48-45-42-39-36-34-32-30-28-26-23-20-17-14-11-8-5-2/h7-12,16-21,25-28,31-34,37,40,62-63,67H,4-6,13-15,22-24,29-30,35-36,38-39,41-61H2,1-3H3,(H,71,72)/b10-7-,11-8-,12-9-,19-16-,20-17-,21-18-,27-25-,28-26-,33-31-,34-32-,40-37-. The highest BCUT2D eigenvalue weighted by Gasteiger charge is 2.28. The maximum Gasteiger partial charge on any atom is 0.472 e. The number of carbonyl (C=O) groups excluding carboxylic acids is 3. The summed E-state index contributed by atoms with van der Waals surface area (Å²) in [7, 11) is -4.77. The minimum absolute atomic E-state index is 0.136. The molecule has 0 radical (unpaired) electrons. The fraction of sp³-hybridized carbons (Fsp3) is 0.621. The Bertz CT molecular complexity index is 1820. The summed E-state index contributed by atoms with van der Waals surface area (Å²) in [5.74, 6) is -1.54. The maximum absolute atomic E-state index is 12.9. The highest BCUT2D eigenvalue weighted by molar-refractivity contribution is 7.47. The molecule has 0 saturated heterocycles. The third-order valence-electron chi connectivity index (χ3n) is 12.1. The van der Waals surface area contributed by atoms with Crippen molar-refractivity contribution in [2.45, 2.75) is 238 Å². The van der Waals surface area contributed by atoms with Gasteiger partial charge < -0.3 is 24.2 Å². The van der Waals surface area contributed by atoms with Crippen LogP contribution in [0.15, 0.2) is 134 Å². The van der Waals surface area contributed by atoms with Gasteiger partial charge in [0.15, 0.2) is 6.10 Å². The van der Waals surface area contributed by atoms with Crippen LogP contribution in [-0.4, -0.2) is 66.5 Å². The van der Waals surface area contributed by atoms with Crippen LogP contribution in [0, 0.1) is 0 Å². The molecule has 0 aromatic heterocycles. The predicted octanol–water partition coefficient (Wildman–Crippen LogP) is 18.1. The molecule has 0 aliphatic carbocycles. The lowest BCUT2D eigenvalue weighted by Crippen LogP contribution is -2.30. The molecule has 0 fully saturated rings. The number of hydrogen-bond donors (Lipinski definition) is 2. The molecule has 0 amide bonds. The summed E-state index contributed by atoms with van der Waals surface area (Å²) in [5.41, 5.74) is 0. The van der Waals surface area contributed by atoms with Crippen LogP contribution in [0.4, 0.5) is 0 Å². The maximum atomic E-state index is 12.9. The number of aliphatic hydroxyl groups excluding tert-OH is 1. The predicted molar refractivity (Wildman–Crippen MR) is 325 cm³/mol. The average Bonchev–Trinajstić information content (AvgIpc) is 3.43. The first-order valence-corrected chi connectivity index (χ1v) is 31.6. The molecule has 11 nitrogen and oxygen atoms in total. The van der Waals surface area contributed by atoms with Gasteiger partial charge in [0, 0.05) is 19.3 Å². The van der Waals surface area contributed by atoms with Crippen LogP contribution in [0.2, 0.25) is 0 Å². The smallest absolute Gasteiger partial charge is 0.462 e. The summed E-state index contributed by atoms with van der Waals surface area (Å²) in [4.78, 5) is 48.6.